The molecule has 0 saturated heterocycles. The Morgan fingerprint density at radius 1 is 0.824 bits per heavy atom. The molecule has 1 aromatic carbocycles. The monoisotopic (exact) mass is 231 g/mol. The molecule has 0 nitrogen and oxygen atoms in total. The Morgan fingerprint density at radius 2 is 1.53 bits per heavy atom. The normalized spacial score (nSPS) is 10.7. The van der Waals surface area contributed by atoms with Crippen LogP contribution in [0.4, 0.5) is 0 Å². The molecule has 0 aliphatic carbocycles. The van der Waals surface area contributed by atoms with Gasteiger partial charge in [-0.2, -0.15) is 0 Å². The average molecular weight is 231 g/mol. The Kier molecular flexibility index (Phi) is 7.79. The predicted octanol–water partition coefficient (Wildman–Crippen LogP) is 5.55. The summed E-state index contributed by atoms with van der Waals surface area (Å²) < 4.78 is 0. The molecule has 0 bridgehead atoms. The SMILES string of the molecule is CCCCCC[CH]c1ccc(CCCC)cc1. The maximum atomic E-state index is 2.37. The van der Waals surface area contributed by atoms with E-state index in [4.69, 9.17) is 0 Å². The number of unbranched alkanes of at least 4 members (excludes halogenated alkanes) is 5. The van der Waals surface area contributed by atoms with E-state index < -0.39 is 0 Å². The topological polar surface area (TPSA) is 0 Å². The molecule has 0 aliphatic rings. The van der Waals surface area contributed by atoms with E-state index in [0.717, 1.165) is 0 Å². The summed E-state index contributed by atoms with van der Waals surface area (Å²) >= 11 is 0. The summed E-state index contributed by atoms with van der Waals surface area (Å²) in [4.78, 5) is 0. The summed E-state index contributed by atoms with van der Waals surface area (Å²) in [6.07, 6.45) is 12.8. The molecule has 0 unspecified atom stereocenters. The fourth-order valence-electron chi connectivity index (χ4n) is 2.04. The van der Waals surface area contributed by atoms with Crippen molar-refractivity contribution in [3.05, 3.63) is 41.8 Å². The van der Waals surface area contributed by atoms with Gasteiger partial charge in [0.15, 0.2) is 0 Å². The van der Waals surface area contributed by atoms with Crippen LogP contribution in [-0.2, 0) is 6.42 Å². The minimum atomic E-state index is 1.23. The smallest absolute Gasteiger partial charge is 0.00931 e. The van der Waals surface area contributed by atoms with E-state index >= 15 is 0 Å². The minimum absolute atomic E-state index is 1.23. The zero-order valence-electron chi connectivity index (χ0n) is 11.5. The van der Waals surface area contributed by atoms with Crippen LogP contribution in [0.15, 0.2) is 24.3 Å². The van der Waals surface area contributed by atoms with E-state index in [-0.39, 0.29) is 0 Å². The van der Waals surface area contributed by atoms with Crippen molar-refractivity contribution in [2.75, 3.05) is 0 Å². The Morgan fingerprint density at radius 3 is 2.18 bits per heavy atom. The third-order valence-electron chi connectivity index (χ3n) is 3.24. The highest BCUT2D eigenvalue weighted by Gasteiger charge is 1.96. The van der Waals surface area contributed by atoms with Crippen molar-refractivity contribution in [2.24, 2.45) is 0 Å². The lowest BCUT2D eigenvalue weighted by Gasteiger charge is -2.04. The Balaban J connectivity index is 2.20. The average Bonchev–Trinajstić information content (AvgIpc) is 2.37. The van der Waals surface area contributed by atoms with Gasteiger partial charge in [-0.25, -0.2) is 0 Å². The number of rotatable bonds is 9. The summed E-state index contributed by atoms with van der Waals surface area (Å²) in [5.74, 6) is 0. The number of hydrogen-bond donors (Lipinski definition) is 0. The molecule has 0 saturated carbocycles. The lowest BCUT2D eigenvalue weighted by Crippen LogP contribution is -1.87. The lowest BCUT2D eigenvalue weighted by molar-refractivity contribution is 0.665. The van der Waals surface area contributed by atoms with Crippen LogP contribution in [0.2, 0.25) is 0 Å². The predicted molar refractivity (Wildman–Crippen MR) is 77.2 cm³/mol. The van der Waals surface area contributed by atoms with Crippen LogP contribution in [0, 0.1) is 6.42 Å². The van der Waals surface area contributed by atoms with Gasteiger partial charge in [-0.05, 0) is 36.8 Å². The molecular formula is C17H27. The molecule has 0 aliphatic heterocycles. The van der Waals surface area contributed by atoms with Gasteiger partial charge >= 0.3 is 0 Å². The van der Waals surface area contributed by atoms with Gasteiger partial charge in [-0.3, -0.25) is 0 Å². The van der Waals surface area contributed by atoms with Crippen LogP contribution in [0.3, 0.4) is 0 Å². The Hall–Kier alpha value is -0.780. The molecule has 0 aromatic heterocycles. The van der Waals surface area contributed by atoms with E-state index in [0.29, 0.717) is 0 Å². The third kappa shape index (κ3) is 6.51. The van der Waals surface area contributed by atoms with Crippen LogP contribution in [0.25, 0.3) is 0 Å². The third-order valence-corrected chi connectivity index (χ3v) is 3.24. The molecule has 95 valence electrons. The van der Waals surface area contributed by atoms with E-state index in [1.165, 1.54) is 62.5 Å². The standard InChI is InChI=1S/C17H27/c1-3-5-7-8-9-11-17-14-12-16(13-15-17)10-6-4-2/h11-15H,3-10H2,1-2H3. The molecule has 0 N–H and O–H groups in total. The van der Waals surface area contributed by atoms with Crippen LogP contribution in [0.1, 0.15) is 69.9 Å². The van der Waals surface area contributed by atoms with E-state index in [2.05, 4.69) is 44.5 Å². The molecule has 0 fully saturated rings. The van der Waals surface area contributed by atoms with Crippen molar-refractivity contribution in [1.82, 2.24) is 0 Å². The minimum Gasteiger partial charge on any atom is -0.0654 e. The van der Waals surface area contributed by atoms with Gasteiger partial charge < -0.3 is 0 Å². The van der Waals surface area contributed by atoms with Crippen molar-refractivity contribution < 1.29 is 0 Å². The first-order chi connectivity index (χ1) is 8.36. The van der Waals surface area contributed by atoms with Crippen molar-refractivity contribution >= 4 is 0 Å². The summed E-state index contributed by atoms with van der Waals surface area (Å²) in [5.41, 5.74) is 2.87. The molecule has 0 heteroatoms. The van der Waals surface area contributed by atoms with Crippen molar-refractivity contribution in [3.8, 4) is 0 Å². The van der Waals surface area contributed by atoms with Crippen LogP contribution in [0.5, 0.6) is 0 Å². The number of benzene rings is 1. The molecule has 1 rings (SSSR count). The second-order valence-electron chi connectivity index (χ2n) is 4.90. The Bertz CT molecular complexity index is 271. The van der Waals surface area contributed by atoms with E-state index in [1.807, 2.05) is 0 Å². The van der Waals surface area contributed by atoms with Gasteiger partial charge in [0.25, 0.3) is 0 Å². The molecule has 0 amide bonds. The van der Waals surface area contributed by atoms with Gasteiger partial charge in [-0.15, -0.1) is 0 Å². The van der Waals surface area contributed by atoms with Crippen molar-refractivity contribution in [3.63, 3.8) is 0 Å². The van der Waals surface area contributed by atoms with Gasteiger partial charge in [-0.1, -0.05) is 70.2 Å². The van der Waals surface area contributed by atoms with E-state index in [1.54, 1.807) is 0 Å². The van der Waals surface area contributed by atoms with Gasteiger partial charge in [0.2, 0.25) is 0 Å². The molecule has 0 spiro atoms. The molecular weight excluding hydrogens is 204 g/mol. The maximum absolute atomic E-state index is 2.37. The van der Waals surface area contributed by atoms with Gasteiger partial charge in [0.05, 0.1) is 0 Å². The fraction of sp³-hybridized carbons (Fsp3) is 0.588. The largest absolute Gasteiger partial charge is 0.0654 e. The number of aryl methyl sites for hydroxylation is 1. The Labute approximate surface area is 107 Å². The first kappa shape index (κ1) is 14.3. The molecule has 1 aromatic rings. The highest BCUT2D eigenvalue weighted by atomic mass is 14.0. The molecule has 1 radical (unpaired) electrons. The first-order valence-corrected chi connectivity index (χ1v) is 7.29. The lowest BCUT2D eigenvalue weighted by atomic mass is 10.0. The fourth-order valence-corrected chi connectivity index (χ4v) is 2.04. The van der Waals surface area contributed by atoms with Crippen LogP contribution in [-0.4, -0.2) is 0 Å². The summed E-state index contributed by atoms with van der Waals surface area (Å²) in [5, 5.41) is 0. The second kappa shape index (κ2) is 9.27. The van der Waals surface area contributed by atoms with Gasteiger partial charge in [0, 0.05) is 0 Å². The highest BCUT2D eigenvalue weighted by Crippen LogP contribution is 2.13. The van der Waals surface area contributed by atoms with Crippen LogP contribution < -0.4 is 0 Å². The molecule has 0 atom stereocenters. The molecule has 0 heterocycles. The van der Waals surface area contributed by atoms with Crippen LogP contribution >= 0.6 is 0 Å². The number of hydrogen-bond acceptors (Lipinski definition) is 0. The quantitative estimate of drug-likeness (QED) is 0.489. The first-order valence-electron chi connectivity index (χ1n) is 7.29. The zero-order chi connectivity index (χ0) is 12.3. The maximum Gasteiger partial charge on any atom is -0.00931 e. The summed E-state index contributed by atoms with van der Waals surface area (Å²) in [6.45, 7) is 4.51. The molecule has 17 heavy (non-hydrogen) atoms. The van der Waals surface area contributed by atoms with E-state index in [9.17, 15) is 0 Å². The zero-order valence-corrected chi connectivity index (χ0v) is 11.5. The highest BCUT2D eigenvalue weighted by molar-refractivity contribution is 5.27. The summed E-state index contributed by atoms with van der Waals surface area (Å²) in [6, 6.07) is 9.11. The van der Waals surface area contributed by atoms with Crippen molar-refractivity contribution in [2.45, 2.75) is 65.2 Å². The second-order valence-corrected chi connectivity index (χ2v) is 4.90. The van der Waals surface area contributed by atoms with Crippen molar-refractivity contribution in [1.29, 1.82) is 0 Å². The summed E-state index contributed by atoms with van der Waals surface area (Å²) in [7, 11) is 0. The van der Waals surface area contributed by atoms with Gasteiger partial charge in [0.1, 0.15) is 0 Å².